The van der Waals surface area contributed by atoms with Crippen LogP contribution in [0.1, 0.15) is 37.1 Å². The highest BCUT2D eigenvalue weighted by Gasteiger charge is 2.33. The van der Waals surface area contributed by atoms with Crippen molar-refractivity contribution >= 4 is 68.2 Å². The summed E-state index contributed by atoms with van der Waals surface area (Å²) in [5.74, 6) is 0.164. The number of nitrogens with one attached hydrogen (secondary N) is 2. The molecule has 4 rings (SSSR count). The summed E-state index contributed by atoms with van der Waals surface area (Å²) in [5, 5.41) is 7.87. The van der Waals surface area contributed by atoms with Crippen molar-refractivity contribution < 1.29 is 4.79 Å². The van der Waals surface area contributed by atoms with Crippen molar-refractivity contribution in [3.05, 3.63) is 27.7 Å². The number of aromatic nitrogens is 1. The van der Waals surface area contributed by atoms with Crippen molar-refractivity contribution in [2.24, 2.45) is 0 Å². The van der Waals surface area contributed by atoms with Gasteiger partial charge in [0.2, 0.25) is 5.91 Å². The number of benzene rings is 1. The minimum atomic E-state index is 0. The van der Waals surface area contributed by atoms with Gasteiger partial charge in [-0.25, -0.2) is 4.98 Å². The molecule has 8 heteroatoms. The van der Waals surface area contributed by atoms with Crippen LogP contribution >= 0.6 is 52.1 Å². The molecule has 2 unspecified atom stereocenters. The van der Waals surface area contributed by atoms with Gasteiger partial charge in [0.25, 0.3) is 0 Å². The van der Waals surface area contributed by atoms with E-state index in [1.54, 1.807) is 11.3 Å². The van der Waals surface area contributed by atoms with Gasteiger partial charge in [-0.15, -0.1) is 36.2 Å². The maximum Gasteiger partial charge on any atom is 0.220 e. The molecule has 0 radical (unpaired) electrons. The van der Waals surface area contributed by atoms with E-state index in [-0.39, 0.29) is 30.7 Å². The molecule has 0 saturated carbocycles. The minimum absolute atomic E-state index is 0. The van der Waals surface area contributed by atoms with E-state index in [0.717, 1.165) is 34.3 Å². The standard InChI is InChI=1S/C17H20BrN3OS.2ClH/c18-10-1-4-15-14(7-10)21-17(23-15)6-5-16(22)20-13-8-11-2-3-12(9-13)19-11;;/h1,4,7,11-13,19H,2-3,5-6,8-9H2,(H,20,22);2*1H. The van der Waals surface area contributed by atoms with Gasteiger partial charge in [-0.2, -0.15) is 0 Å². The average molecular weight is 467 g/mol. The zero-order chi connectivity index (χ0) is 15.8. The van der Waals surface area contributed by atoms with E-state index in [9.17, 15) is 4.79 Å². The van der Waals surface area contributed by atoms with Crippen LogP contribution in [0.5, 0.6) is 0 Å². The molecule has 0 aliphatic carbocycles. The highest BCUT2D eigenvalue weighted by Crippen LogP contribution is 2.27. The lowest BCUT2D eigenvalue weighted by Crippen LogP contribution is -2.48. The third-order valence-corrected chi connectivity index (χ3v) is 6.39. The predicted octanol–water partition coefficient (Wildman–Crippen LogP) is 4.23. The van der Waals surface area contributed by atoms with Crippen molar-refractivity contribution in [3.63, 3.8) is 0 Å². The van der Waals surface area contributed by atoms with E-state index < -0.39 is 0 Å². The van der Waals surface area contributed by atoms with Crippen LogP contribution < -0.4 is 10.6 Å². The summed E-state index contributed by atoms with van der Waals surface area (Å²) in [5.41, 5.74) is 1.01. The molecular formula is C17H22BrCl2N3OS. The fraction of sp³-hybridized carbons (Fsp3) is 0.529. The Morgan fingerprint density at radius 2 is 2.00 bits per heavy atom. The summed E-state index contributed by atoms with van der Waals surface area (Å²) in [6.45, 7) is 0. The molecule has 2 bridgehead atoms. The predicted molar refractivity (Wildman–Crippen MR) is 111 cm³/mol. The van der Waals surface area contributed by atoms with E-state index in [2.05, 4.69) is 37.6 Å². The van der Waals surface area contributed by atoms with Gasteiger partial charge in [0.05, 0.1) is 15.2 Å². The number of carbonyl (C=O) groups is 1. The van der Waals surface area contributed by atoms with Crippen molar-refractivity contribution in [1.82, 2.24) is 15.6 Å². The van der Waals surface area contributed by atoms with E-state index >= 15 is 0 Å². The van der Waals surface area contributed by atoms with Gasteiger partial charge in [0.15, 0.2) is 0 Å². The van der Waals surface area contributed by atoms with Crippen molar-refractivity contribution in [2.45, 2.75) is 56.7 Å². The summed E-state index contributed by atoms with van der Waals surface area (Å²) < 4.78 is 2.22. The molecule has 0 spiro atoms. The van der Waals surface area contributed by atoms with Crippen LogP contribution in [0.2, 0.25) is 0 Å². The first kappa shape index (κ1) is 20.9. The third kappa shape index (κ3) is 5.07. The van der Waals surface area contributed by atoms with Gasteiger partial charge >= 0.3 is 0 Å². The molecule has 25 heavy (non-hydrogen) atoms. The molecule has 4 nitrogen and oxygen atoms in total. The Morgan fingerprint density at radius 1 is 1.28 bits per heavy atom. The molecular weight excluding hydrogens is 445 g/mol. The molecule has 3 heterocycles. The van der Waals surface area contributed by atoms with Crippen LogP contribution in [0, 0.1) is 0 Å². The zero-order valence-electron chi connectivity index (χ0n) is 13.7. The van der Waals surface area contributed by atoms with E-state index in [1.165, 1.54) is 17.5 Å². The number of fused-ring (bicyclic) bond motifs is 3. The number of hydrogen-bond acceptors (Lipinski definition) is 4. The fourth-order valence-electron chi connectivity index (χ4n) is 3.75. The summed E-state index contributed by atoms with van der Waals surface area (Å²) in [7, 11) is 0. The summed E-state index contributed by atoms with van der Waals surface area (Å²) in [6.07, 6.45) is 5.94. The normalized spacial score (nSPS) is 24.4. The van der Waals surface area contributed by atoms with Gasteiger partial charge in [-0.05, 0) is 43.9 Å². The Bertz CT molecular complexity index is 730. The Morgan fingerprint density at radius 3 is 2.72 bits per heavy atom. The molecule has 2 aliphatic rings. The molecule has 2 N–H and O–H groups in total. The van der Waals surface area contributed by atoms with Crippen LogP contribution in [0.15, 0.2) is 22.7 Å². The number of carbonyl (C=O) groups excluding carboxylic acids is 1. The first-order chi connectivity index (χ1) is 11.2. The van der Waals surface area contributed by atoms with Gasteiger partial charge in [-0.1, -0.05) is 15.9 Å². The lowest BCUT2D eigenvalue weighted by molar-refractivity contribution is -0.122. The highest BCUT2D eigenvalue weighted by molar-refractivity contribution is 9.10. The second-order valence-corrected chi connectivity index (χ2v) is 8.62. The number of rotatable bonds is 4. The number of hydrogen-bond donors (Lipinski definition) is 2. The first-order valence-corrected chi connectivity index (χ1v) is 9.87. The number of thiazole rings is 1. The average Bonchev–Trinajstić information content (AvgIpc) is 3.07. The lowest BCUT2D eigenvalue weighted by Gasteiger charge is -2.29. The Kier molecular flexibility index (Phi) is 7.52. The molecule has 138 valence electrons. The van der Waals surface area contributed by atoms with Crippen LogP contribution in [0.25, 0.3) is 10.2 Å². The minimum Gasteiger partial charge on any atom is -0.353 e. The van der Waals surface area contributed by atoms with E-state index in [4.69, 9.17) is 0 Å². The number of halogens is 3. The lowest BCUT2D eigenvalue weighted by atomic mass is 9.99. The fourth-order valence-corrected chi connectivity index (χ4v) is 5.05. The van der Waals surface area contributed by atoms with E-state index in [0.29, 0.717) is 24.5 Å². The summed E-state index contributed by atoms with van der Waals surface area (Å²) >= 11 is 5.15. The molecule has 2 aliphatic heterocycles. The van der Waals surface area contributed by atoms with Gasteiger partial charge < -0.3 is 10.6 Å². The number of piperidine rings is 1. The van der Waals surface area contributed by atoms with Crippen LogP contribution in [-0.4, -0.2) is 29.0 Å². The smallest absolute Gasteiger partial charge is 0.220 e. The SMILES string of the molecule is Cl.Cl.O=C(CCc1nc2cc(Br)ccc2s1)NC1CC2CCC(C1)N2. The maximum absolute atomic E-state index is 12.2. The molecule has 2 atom stereocenters. The molecule has 1 aromatic heterocycles. The highest BCUT2D eigenvalue weighted by atomic mass is 79.9. The summed E-state index contributed by atoms with van der Waals surface area (Å²) in [4.78, 5) is 16.9. The van der Waals surface area contributed by atoms with Crippen LogP contribution in [-0.2, 0) is 11.2 Å². The van der Waals surface area contributed by atoms with Crippen LogP contribution in [0.3, 0.4) is 0 Å². The van der Waals surface area contributed by atoms with Crippen LogP contribution in [0.4, 0.5) is 0 Å². The number of amides is 1. The molecule has 2 saturated heterocycles. The monoisotopic (exact) mass is 465 g/mol. The topological polar surface area (TPSA) is 54.0 Å². The van der Waals surface area contributed by atoms with Gasteiger partial charge in [0.1, 0.15) is 0 Å². The quantitative estimate of drug-likeness (QED) is 0.708. The second-order valence-electron chi connectivity index (χ2n) is 6.59. The van der Waals surface area contributed by atoms with Crippen molar-refractivity contribution in [2.75, 3.05) is 0 Å². The molecule has 1 amide bonds. The molecule has 2 aromatic rings. The van der Waals surface area contributed by atoms with Gasteiger partial charge in [-0.3, -0.25) is 4.79 Å². The molecule has 2 fully saturated rings. The van der Waals surface area contributed by atoms with Crippen molar-refractivity contribution in [3.8, 4) is 0 Å². The molecule has 1 aromatic carbocycles. The summed E-state index contributed by atoms with van der Waals surface area (Å²) in [6, 6.07) is 7.71. The van der Waals surface area contributed by atoms with E-state index in [1.807, 2.05) is 12.1 Å². The third-order valence-electron chi connectivity index (χ3n) is 4.80. The Hall–Kier alpha value is -0.400. The first-order valence-electron chi connectivity index (χ1n) is 8.26. The number of nitrogens with zero attached hydrogens (tertiary/aromatic N) is 1. The largest absolute Gasteiger partial charge is 0.353 e. The maximum atomic E-state index is 12.2. The number of aryl methyl sites for hydroxylation is 1. The van der Waals surface area contributed by atoms with Crippen molar-refractivity contribution in [1.29, 1.82) is 0 Å². The second kappa shape index (κ2) is 9.00. The Labute approximate surface area is 172 Å². The zero-order valence-corrected chi connectivity index (χ0v) is 17.7. The Balaban J connectivity index is 0.00000113. The van der Waals surface area contributed by atoms with Gasteiger partial charge in [0, 0.05) is 35.4 Å².